The molecule has 0 saturated heterocycles. The Morgan fingerprint density at radius 1 is 0.559 bits per heavy atom. The van der Waals surface area contributed by atoms with Gasteiger partial charge in [-0.1, -0.05) is 43.5 Å². The number of rotatable bonds is 1. The van der Waals surface area contributed by atoms with E-state index in [1.165, 1.54) is 0 Å². The summed E-state index contributed by atoms with van der Waals surface area (Å²) in [5.41, 5.74) is 1.00. The molecule has 5 aromatic rings. The van der Waals surface area contributed by atoms with Crippen molar-refractivity contribution in [2.45, 2.75) is 0 Å². The molecular formula is C23H5N11. The molecule has 34 heavy (non-hydrogen) atoms. The third kappa shape index (κ3) is 2.79. The van der Waals surface area contributed by atoms with Crippen LogP contribution in [-0.2, 0) is 0 Å². The van der Waals surface area contributed by atoms with Crippen LogP contribution < -0.4 is 0 Å². The van der Waals surface area contributed by atoms with Crippen LogP contribution in [0.1, 0.15) is 17.1 Å². The van der Waals surface area contributed by atoms with Crippen LogP contribution in [0, 0.1) is 47.1 Å². The number of hydrogen-bond donors (Lipinski definition) is 0. The first-order chi connectivity index (χ1) is 16.6. The molecule has 0 fully saturated rings. The highest BCUT2D eigenvalue weighted by molar-refractivity contribution is 6.19. The van der Waals surface area contributed by atoms with Gasteiger partial charge in [0.2, 0.25) is 11.0 Å². The van der Waals surface area contributed by atoms with Gasteiger partial charge in [-0.3, -0.25) is 0 Å². The Hall–Kier alpha value is -6.09. The molecule has 0 aliphatic heterocycles. The van der Waals surface area contributed by atoms with Crippen LogP contribution in [0.3, 0.4) is 0 Å². The van der Waals surface area contributed by atoms with Crippen molar-refractivity contribution in [1.29, 1.82) is 15.8 Å². The average molecular weight is 435 g/mol. The number of fused-ring (bicyclic) bond motifs is 6. The van der Waals surface area contributed by atoms with Gasteiger partial charge >= 0.3 is 0 Å². The standard InChI is InChI=1S/C23H5N11/c1-27-22-23(28-2)34-21-19-17(31-14(10-26)15(32-19)11-6-4-3-5-7-11)16-18(20(21)33-22)30-13(9-25)12(8-24)29-16/h3-7H. The average Bonchev–Trinajstić information content (AvgIpc) is 2.91. The van der Waals surface area contributed by atoms with Crippen LogP contribution in [0.25, 0.3) is 54.0 Å². The molecule has 0 saturated carbocycles. The second-order valence-corrected chi connectivity index (χ2v) is 6.73. The molecule has 0 atom stereocenters. The second kappa shape index (κ2) is 7.55. The van der Waals surface area contributed by atoms with Crippen LogP contribution in [0.4, 0.5) is 11.6 Å². The molecule has 5 rings (SSSR count). The topological polar surface area (TPSA) is 157 Å². The van der Waals surface area contributed by atoms with E-state index >= 15 is 0 Å². The fourth-order valence-electron chi connectivity index (χ4n) is 3.46. The quantitative estimate of drug-likeness (QED) is 0.281. The van der Waals surface area contributed by atoms with Crippen molar-refractivity contribution in [3.8, 4) is 29.5 Å². The number of hydrogen-bond acceptors (Lipinski definition) is 9. The summed E-state index contributed by atoms with van der Waals surface area (Å²) in [4.78, 5) is 32.7. The monoisotopic (exact) mass is 435 g/mol. The summed E-state index contributed by atoms with van der Waals surface area (Å²) in [6.07, 6.45) is 0. The summed E-state index contributed by atoms with van der Waals surface area (Å²) in [6.45, 7) is 14.7. The Morgan fingerprint density at radius 2 is 0.971 bits per heavy atom. The molecule has 0 aliphatic carbocycles. The second-order valence-electron chi connectivity index (χ2n) is 6.73. The van der Waals surface area contributed by atoms with Gasteiger partial charge in [0.15, 0.2) is 17.1 Å². The molecule has 0 spiro atoms. The normalized spacial score (nSPS) is 10.2. The summed E-state index contributed by atoms with van der Waals surface area (Å²) < 4.78 is 0. The van der Waals surface area contributed by atoms with Crippen molar-refractivity contribution < 1.29 is 0 Å². The molecule has 11 heteroatoms. The molecule has 3 aromatic heterocycles. The maximum Gasteiger partial charge on any atom is 0.294 e. The zero-order chi connectivity index (χ0) is 23.8. The van der Waals surface area contributed by atoms with Crippen molar-refractivity contribution >= 4 is 44.7 Å². The molecule has 0 aliphatic rings. The first kappa shape index (κ1) is 19.8. The van der Waals surface area contributed by atoms with Gasteiger partial charge in [0.1, 0.15) is 46.0 Å². The van der Waals surface area contributed by atoms with Gasteiger partial charge in [-0.15, -0.1) is 9.97 Å². The number of benzene rings is 2. The minimum absolute atomic E-state index is 0.000146. The maximum absolute atomic E-state index is 9.77. The highest BCUT2D eigenvalue weighted by Crippen LogP contribution is 2.36. The largest absolute Gasteiger partial charge is 0.370 e. The summed E-state index contributed by atoms with van der Waals surface area (Å²) in [7, 11) is 0. The van der Waals surface area contributed by atoms with Crippen molar-refractivity contribution in [2.75, 3.05) is 0 Å². The Labute approximate surface area is 190 Å². The van der Waals surface area contributed by atoms with E-state index < -0.39 is 0 Å². The third-order valence-electron chi connectivity index (χ3n) is 4.90. The molecule has 0 radical (unpaired) electrons. The fraction of sp³-hybridized carbons (Fsp3) is 0. The first-order valence-corrected chi connectivity index (χ1v) is 9.41. The lowest BCUT2D eigenvalue weighted by Gasteiger charge is -2.08. The van der Waals surface area contributed by atoms with Gasteiger partial charge in [0.05, 0.1) is 0 Å². The lowest BCUT2D eigenvalue weighted by Crippen LogP contribution is -2.03. The summed E-state index contributed by atoms with van der Waals surface area (Å²) >= 11 is 0. The van der Waals surface area contributed by atoms with Gasteiger partial charge < -0.3 is 9.69 Å². The van der Waals surface area contributed by atoms with E-state index in [9.17, 15) is 15.8 Å². The molecule has 11 nitrogen and oxygen atoms in total. The van der Waals surface area contributed by atoms with Crippen molar-refractivity contribution in [1.82, 2.24) is 29.9 Å². The molecule has 0 unspecified atom stereocenters. The van der Waals surface area contributed by atoms with Crippen molar-refractivity contribution in [2.24, 2.45) is 0 Å². The highest BCUT2D eigenvalue weighted by Gasteiger charge is 2.26. The zero-order valence-corrected chi connectivity index (χ0v) is 16.8. The molecular weight excluding hydrogens is 430 g/mol. The van der Waals surface area contributed by atoms with E-state index in [0.717, 1.165) is 0 Å². The van der Waals surface area contributed by atoms with Crippen molar-refractivity contribution in [3.05, 3.63) is 70.2 Å². The SMILES string of the molecule is [C-]#[N+]c1nc2c3nc(C#N)c(C#N)nc3c3nc(C#N)c(-c4ccccc4)nc3c2nc1[N+]#[C-]. The lowest BCUT2D eigenvalue weighted by molar-refractivity contribution is 1.18. The van der Waals surface area contributed by atoms with E-state index in [-0.39, 0.29) is 67.5 Å². The van der Waals surface area contributed by atoms with E-state index in [2.05, 4.69) is 39.6 Å². The summed E-state index contributed by atoms with van der Waals surface area (Å²) in [6, 6.07) is 14.6. The first-order valence-electron chi connectivity index (χ1n) is 9.41. The Morgan fingerprint density at radius 3 is 1.41 bits per heavy atom. The summed E-state index contributed by atoms with van der Waals surface area (Å²) in [5.74, 6) is -0.490. The Bertz CT molecular complexity index is 1860. The molecule has 152 valence electrons. The van der Waals surface area contributed by atoms with Crippen LogP contribution in [0.15, 0.2) is 30.3 Å². The highest BCUT2D eigenvalue weighted by atomic mass is 15.0. The fourth-order valence-corrected chi connectivity index (χ4v) is 3.46. The minimum Gasteiger partial charge on any atom is -0.370 e. The molecule has 2 aromatic carbocycles. The number of nitrogens with zero attached hydrogens (tertiary/aromatic N) is 11. The van der Waals surface area contributed by atoms with E-state index in [1.807, 2.05) is 24.3 Å². The molecule has 0 amide bonds. The molecule has 3 heterocycles. The van der Waals surface area contributed by atoms with Gasteiger partial charge in [-0.25, -0.2) is 19.9 Å². The maximum atomic E-state index is 9.77. The van der Waals surface area contributed by atoms with Gasteiger partial charge in [-0.05, 0) is 0 Å². The van der Waals surface area contributed by atoms with Crippen LogP contribution in [-0.4, -0.2) is 29.9 Å². The van der Waals surface area contributed by atoms with Gasteiger partial charge in [-0.2, -0.15) is 15.8 Å². The van der Waals surface area contributed by atoms with E-state index in [1.54, 1.807) is 24.3 Å². The van der Waals surface area contributed by atoms with Crippen LogP contribution in [0.2, 0.25) is 0 Å². The third-order valence-corrected chi connectivity index (χ3v) is 4.90. The lowest BCUT2D eigenvalue weighted by atomic mass is 10.1. The molecule has 0 N–H and O–H groups in total. The van der Waals surface area contributed by atoms with Crippen LogP contribution in [0.5, 0.6) is 0 Å². The number of aromatic nitrogens is 6. The van der Waals surface area contributed by atoms with Gasteiger partial charge in [0.25, 0.3) is 11.6 Å². The number of nitriles is 3. The smallest absolute Gasteiger partial charge is 0.294 e. The Kier molecular flexibility index (Phi) is 4.41. The molecule has 0 bridgehead atoms. The predicted octanol–water partition coefficient (Wildman–Crippen LogP) is 3.90. The zero-order valence-electron chi connectivity index (χ0n) is 16.8. The van der Waals surface area contributed by atoms with Crippen LogP contribution >= 0.6 is 0 Å². The van der Waals surface area contributed by atoms with E-state index in [0.29, 0.717) is 5.56 Å². The Balaban J connectivity index is 2.09. The van der Waals surface area contributed by atoms with Crippen molar-refractivity contribution in [3.63, 3.8) is 0 Å². The predicted molar refractivity (Wildman–Crippen MR) is 118 cm³/mol. The summed E-state index contributed by atoms with van der Waals surface area (Å²) in [5, 5.41) is 28.6. The van der Waals surface area contributed by atoms with Gasteiger partial charge in [0, 0.05) is 5.56 Å². The minimum atomic E-state index is -0.252. The van der Waals surface area contributed by atoms with E-state index in [4.69, 9.17) is 13.1 Å².